The molecular weight excluding hydrogens is 453 g/mol. The average molecular weight is 485 g/mol. The summed E-state index contributed by atoms with van der Waals surface area (Å²) in [7, 11) is 1.83. The Morgan fingerprint density at radius 3 is 2.48 bits per heavy atom. The molecule has 7 heteroatoms. The van der Waals surface area contributed by atoms with E-state index in [1.165, 1.54) is 5.56 Å². The molecule has 0 bridgehead atoms. The van der Waals surface area contributed by atoms with Gasteiger partial charge in [0.25, 0.3) is 0 Å². The molecule has 3 rings (SSSR count). The van der Waals surface area contributed by atoms with Gasteiger partial charge >= 0.3 is 0 Å². The number of carbonyl (C=O) groups excluding carboxylic acids is 1. The molecule has 1 aliphatic heterocycles. The zero-order valence-corrected chi connectivity index (χ0v) is 18.5. The van der Waals surface area contributed by atoms with Gasteiger partial charge in [0, 0.05) is 58.8 Å². The molecule has 2 aliphatic rings. The number of nitrogens with zero attached hydrogens (tertiary/aromatic N) is 3. The molecule has 6 nitrogen and oxygen atoms in total. The van der Waals surface area contributed by atoms with Crippen LogP contribution in [0.2, 0.25) is 0 Å². The Balaban J connectivity index is 0.00000261. The van der Waals surface area contributed by atoms with Crippen molar-refractivity contribution in [3.8, 4) is 0 Å². The number of rotatable bonds is 7. The van der Waals surface area contributed by atoms with Crippen molar-refractivity contribution < 1.29 is 4.79 Å². The van der Waals surface area contributed by atoms with Crippen LogP contribution in [0, 0.1) is 0 Å². The number of aliphatic imine (C=N–C) groups is 1. The number of amides is 1. The van der Waals surface area contributed by atoms with Crippen molar-refractivity contribution in [2.45, 2.75) is 38.3 Å². The van der Waals surface area contributed by atoms with E-state index >= 15 is 0 Å². The first-order valence-corrected chi connectivity index (χ1v) is 9.76. The number of benzene rings is 1. The summed E-state index contributed by atoms with van der Waals surface area (Å²) < 4.78 is 0. The summed E-state index contributed by atoms with van der Waals surface area (Å²) >= 11 is 0. The van der Waals surface area contributed by atoms with E-state index in [9.17, 15) is 4.79 Å². The van der Waals surface area contributed by atoms with Gasteiger partial charge in [0.05, 0.1) is 0 Å². The Hall–Kier alpha value is -1.35. The van der Waals surface area contributed by atoms with E-state index in [4.69, 9.17) is 0 Å². The van der Waals surface area contributed by atoms with E-state index in [-0.39, 0.29) is 29.9 Å². The average Bonchev–Trinajstić information content (AvgIpc) is 3.47. The van der Waals surface area contributed by atoms with E-state index in [1.54, 1.807) is 0 Å². The van der Waals surface area contributed by atoms with Gasteiger partial charge in [-0.2, -0.15) is 0 Å². The third kappa shape index (κ3) is 7.65. The van der Waals surface area contributed by atoms with Gasteiger partial charge in [-0.05, 0) is 24.8 Å². The number of nitrogens with one attached hydrogen (secondary N) is 2. The van der Waals surface area contributed by atoms with Crippen LogP contribution in [-0.4, -0.2) is 67.5 Å². The van der Waals surface area contributed by atoms with E-state index < -0.39 is 0 Å². The van der Waals surface area contributed by atoms with E-state index in [1.807, 2.05) is 7.05 Å². The highest BCUT2D eigenvalue weighted by Gasteiger charge is 2.23. The Bertz CT molecular complexity index is 598. The van der Waals surface area contributed by atoms with E-state index in [0.29, 0.717) is 12.5 Å². The maximum absolute atomic E-state index is 11.7. The van der Waals surface area contributed by atoms with Crippen molar-refractivity contribution in [1.29, 1.82) is 0 Å². The van der Waals surface area contributed by atoms with Gasteiger partial charge in [0.1, 0.15) is 0 Å². The van der Waals surface area contributed by atoms with Gasteiger partial charge in [-0.25, -0.2) is 0 Å². The molecule has 2 fully saturated rings. The number of hydrogen-bond acceptors (Lipinski definition) is 3. The summed E-state index contributed by atoms with van der Waals surface area (Å²) in [5.74, 6) is 1.13. The summed E-state index contributed by atoms with van der Waals surface area (Å²) in [6.45, 7) is 5.84. The number of carbonyl (C=O) groups is 1. The number of piperazine rings is 1. The minimum Gasteiger partial charge on any atom is -0.356 e. The van der Waals surface area contributed by atoms with E-state index in [0.717, 1.165) is 64.5 Å². The lowest BCUT2D eigenvalue weighted by Crippen LogP contribution is -2.52. The van der Waals surface area contributed by atoms with Crippen LogP contribution in [0.3, 0.4) is 0 Å². The molecule has 1 heterocycles. The highest BCUT2D eigenvalue weighted by molar-refractivity contribution is 14.0. The lowest BCUT2D eigenvalue weighted by molar-refractivity contribution is -0.121. The molecule has 0 radical (unpaired) electrons. The first-order chi connectivity index (χ1) is 12.7. The van der Waals surface area contributed by atoms with Crippen molar-refractivity contribution in [2.24, 2.45) is 4.99 Å². The van der Waals surface area contributed by atoms with Gasteiger partial charge in [-0.3, -0.25) is 14.7 Å². The van der Waals surface area contributed by atoms with Gasteiger partial charge in [-0.15, -0.1) is 24.0 Å². The molecule has 0 spiro atoms. The van der Waals surface area contributed by atoms with Crippen molar-refractivity contribution in [3.63, 3.8) is 0 Å². The zero-order valence-electron chi connectivity index (χ0n) is 16.2. The van der Waals surface area contributed by atoms with Crippen molar-refractivity contribution in [1.82, 2.24) is 20.4 Å². The molecule has 150 valence electrons. The van der Waals surface area contributed by atoms with Crippen molar-refractivity contribution >= 4 is 35.8 Å². The second-order valence-corrected chi connectivity index (χ2v) is 7.17. The van der Waals surface area contributed by atoms with Gasteiger partial charge in [0.2, 0.25) is 5.91 Å². The molecule has 1 aromatic carbocycles. The van der Waals surface area contributed by atoms with Crippen LogP contribution in [-0.2, 0) is 11.3 Å². The van der Waals surface area contributed by atoms with Crippen LogP contribution in [0.15, 0.2) is 35.3 Å². The van der Waals surface area contributed by atoms with Gasteiger partial charge in [-0.1, -0.05) is 30.3 Å². The first-order valence-electron chi connectivity index (χ1n) is 9.76. The molecule has 1 saturated carbocycles. The maximum atomic E-state index is 11.7. The van der Waals surface area contributed by atoms with Crippen LogP contribution in [0.25, 0.3) is 0 Å². The predicted octanol–water partition coefficient (Wildman–Crippen LogP) is 2.06. The van der Waals surface area contributed by atoms with Crippen LogP contribution < -0.4 is 10.6 Å². The van der Waals surface area contributed by atoms with Gasteiger partial charge < -0.3 is 15.5 Å². The van der Waals surface area contributed by atoms with Crippen LogP contribution in [0.4, 0.5) is 0 Å². The summed E-state index contributed by atoms with van der Waals surface area (Å²) in [4.78, 5) is 20.9. The normalized spacial score (nSPS) is 18.0. The second-order valence-electron chi connectivity index (χ2n) is 7.17. The molecular formula is C20H32IN5O. The molecule has 0 unspecified atom stereocenters. The molecule has 1 aromatic rings. The quantitative estimate of drug-likeness (QED) is 0.269. The highest BCUT2D eigenvalue weighted by atomic mass is 127. The molecule has 1 amide bonds. The minimum absolute atomic E-state index is 0. The standard InChI is InChI=1S/C20H31N5O.HI/c1-21-20(22-11-5-8-19(26)23-18-9-10-18)25-14-12-24(13-15-25)16-17-6-3-2-4-7-17;/h2-4,6-7,18H,5,8-16H2,1H3,(H,21,22)(H,23,26);1H. The topological polar surface area (TPSA) is 60.0 Å². The van der Waals surface area contributed by atoms with Gasteiger partial charge in [0.15, 0.2) is 5.96 Å². The fourth-order valence-electron chi connectivity index (χ4n) is 3.27. The Labute approximate surface area is 179 Å². The number of guanidine groups is 1. The first kappa shape index (κ1) is 21.9. The summed E-state index contributed by atoms with van der Waals surface area (Å²) in [5, 5.41) is 6.44. The fraction of sp³-hybridized carbons (Fsp3) is 0.600. The van der Waals surface area contributed by atoms with Crippen LogP contribution in [0.1, 0.15) is 31.2 Å². The second kappa shape index (κ2) is 11.5. The molecule has 0 atom stereocenters. The maximum Gasteiger partial charge on any atom is 0.220 e. The fourth-order valence-corrected chi connectivity index (χ4v) is 3.27. The van der Waals surface area contributed by atoms with E-state index in [2.05, 4.69) is 55.8 Å². The molecule has 1 aliphatic carbocycles. The Morgan fingerprint density at radius 2 is 1.85 bits per heavy atom. The summed E-state index contributed by atoms with van der Waals surface area (Å²) in [6.07, 6.45) is 3.72. The molecule has 1 saturated heterocycles. The number of halogens is 1. The lowest BCUT2D eigenvalue weighted by Gasteiger charge is -2.36. The van der Waals surface area contributed by atoms with Crippen molar-refractivity contribution in [2.75, 3.05) is 39.8 Å². The predicted molar refractivity (Wildman–Crippen MR) is 120 cm³/mol. The monoisotopic (exact) mass is 485 g/mol. The zero-order chi connectivity index (χ0) is 18.2. The molecule has 27 heavy (non-hydrogen) atoms. The summed E-state index contributed by atoms with van der Waals surface area (Å²) in [5.41, 5.74) is 1.37. The van der Waals surface area contributed by atoms with Crippen LogP contribution >= 0.6 is 24.0 Å². The minimum atomic E-state index is 0. The Morgan fingerprint density at radius 1 is 1.15 bits per heavy atom. The van der Waals surface area contributed by atoms with Crippen molar-refractivity contribution in [3.05, 3.63) is 35.9 Å². The number of hydrogen-bond donors (Lipinski definition) is 2. The van der Waals surface area contributed by atoms with Crippen LogP contribution in [0.5, 0.6) is 0 Å². The lowest BCUT2D eigenvalue weighted by atomic mass is 10.2. The third-order valence-electron chi connectivity index (χ3n) is 4.94. The largest absolute Gasteiger partial charge is 0.356 e. The SMILES string of the molecule is CN=C(NCCCC(=O)NC1CC1)N1CCN(Cc2ccccc2)CC1.I. The molecule has 2 N–H and O–H groups in total. The smallest absolute Gasteiger partial charge is 0.220 e. The Kier molecular flexibility index (Phi) is 9.33. The highest BCUT2D eigenvalue weighted by Crippen LogP contribution is 2.18. The molecule has 0 aromatic heterocycles. The summed E-state index contributed by atoms with van der Waals surface area (Å²) in [6, 6.07) is 11.1. The third-order valence-corrected chi connectivity index (χ3v) is 4.94.